The van der Waals surface area contributed by atoms with Gasteiger partial charge in [-0.25, -0.2) is 17.9 Å². The van der Waals surface area contributed by atoms with Crippen LogP contribution in [0.4, 0.5) is 0 Å². The molecule has 94 valence electrons. The van der Waals surface area contributed by atoms with E-state index in [-0.39, 0.29) is 0 Å². The lowest BCUT2D eigenvalue weighted by molar-refractivity contribution is -0.138. The third-order valence-corrected chi connectivity index (χ3v) is 3.10. The smallest absolute Gasteiger partial charge is 0.333 e. The first-order chi connectivity index (χ1) is 7.33. The third kappa shape index (κ3) is 10.0. The Morgan fingerprint density at radius 2 is 2.06 bits per heavy atom. The van der Waals surface area contributed by atoms with Crippen LogP contribution >= 0.6 is 11.8 Å². The van der Waals surface area contributed by atoms with Gasteiger partial charge in [0, 0.05) is 23.6 Å². The van der Waals surface area contributed by atoms with Crippen LogP contribution in [-0.2, 0) is 19.6 Å². The lowest BCUT2D eigenvalue weighted by Crippen LogP contribution is -2.24. The van der Waals surface area contributed by atoms with E-state index in [0.29, 0.717) is 30.2 Å². The van der Waals surface area contributed by atoms with Gasteiger partial charge in [-0.05, 0) is 6.92 Å². The molecular weight excluding hydrogens is 250 g/mol. The number of ether oxygens (including phenoxy) is 1. The summed E-state index contributed by atoms with van der Waals surface area (Å²) in [7, 11) is -3.10. The van der Waals surface area contributed by atoms with Crippen LogP contribution in [0.5, 0.6) is 0 Å². The van der Waals surface area contributed by atoms with Crippen molar-refractivity contribution in [2.24, 2.45) is 0 Å². The molecule has 0 heterocycles. The largest absolute Gasteiger partial charge is 0.461 e. The van der Waals surface area contributed by atoms with Gasteiger partial charge in [-0.15, -0.1) is 0 Å². The average Bonchev–Trinajstić information content (AvgIpc) is 2.14. The standard InChI is InChI=1S/C9H17NO4S2/c1-8(2)9(11)14-5-7-15-6-4-10-16(3,12)13/h10H,1,4-7H2,2-3H3. The van der Waals surface area contributed by atoms with Crippen molar-refractivity contribution >= 4 is 27.8 Å². The van der Waals surface area contributed by atoms with Gasteiger partial charge in [0.15, 0.2) is 0 Å². The molecule has 0 aromatic heterocycles. The van der Waals surface area contributed by atoms with Crippen LogP contribution in [0, 0.1) is 0 Å². The van der Waals surface area contributed by atoms with E-state index in [2.05, 4.69) is 11.3 Å². The number of sulfonamides is 1. The normalized spacial score (nSPS) is 11.1. The first-order valence-electron chi connectivity index (χ1n) is 4.68. The minimum Gasteiger partial charge on any atom is -0.461 e. The monoisotopic (exact) mass is 267 g/mol. The Hall–Kier alpha value is -0.530. The molecule has 5 nitrogen and oxygen atoms in total. The SMILES string of the molecule is C=C(C)C(=O)OCCSCCNS(C)(=O)=O. The van der Waals surface area contributed by atoms with E-state index >= 15 is 0 Å². The van der Waals surface area contributed by atoms with Gasteiger partial charge in [0.05, 0.1) is 6.26 Å². The van der Waals surface area contributed by atoms with Gasteiger partial charge in [-0.1, -0.05) is 6.58 Å². The number of carbonyl (C=O) groups is 1. The van der Waals surface area contributed by atoms with Crippen molar-refractivity contribution in [1.82, 2.24) is 4.72 Å². The van der Waals surface area contributed by atoms with Crippen molar-refractivity contribution in [2.45, 2.75) is 6.92 Å². The molecule has 0 bridgehead atoms. The molecule has 0 spiro atoms. The van der Waals surface area contributed by atoms with Crippen LogP contribution in [0.3, 0.4) is 0 Å². The Morgan fingerprint density at radius 3 is 2.56 bits per heavy atom. The Kier molecular flexibility index (Phi) is 7.44. The Balaban J connectivity index is 3.35. The highest BCUT2D eigenvalue weighted by Crippen LogP contribution is 2.00. The highest BCUT2D eigenvalue weighted by molar-refractivity contribution is 7.99. The molecule has 0 rings (SSSR count). The zero-order valence-corrected chi connectivity index (χ0v) is 11.1. The second kappa shape index (κ2) is 7.70. The fourth-order valence-electron chi connectivity index (χ4n) is 0.718. The van der Waals surface area contributed by atoms with Gasteiger partial charge in [0.2, 0.25) is 10.0 Å². The lowest BCUT2D eigenvalue weighted by Gasteiger charge is -2.04. The number of rotatable bonds is 8. The fourth-order valence-corrected chi connectivity index (χ4v) is 1.97. The van der Waals surface area contributed by atoms with Crippen molar-refractivity contribution in [1.29, 1.82) is 0 Å². The zero-order chi connectivity index (χ0) is 12.6. The lowest BCUT2D eigenvalue weighted by atomic mass is 10.4. The summed E-state index contributed by atoms with van der Waals surface area (Å²) < 4.78 is 28.6. The molecule has 0 aliphatic carbocycles. The van der Waals surface area contributed by atoms with E-state index in [9.17, 15) is 13.2 Å². The topological polar surface area (TPSA) is 72.5 Å². The first kappa shape index (κ1) is 15.5. The van der Waals surface area contributed by atoms with Gasteiger partial charge in [0.25, 0.3) is 0 Å². The minimum absolute atomic E-state index is 0.315. The van der Waals surface area contributed by atoms with Gasteiger partial charge in [-0.2, -0.15) is 11.8 Å². The maximum atomic E-state index is 10.9. The molecule has 0 atom stereocenters. The van der Waals surface area contributed by atoms with Crippen molar-refractivity contribution in [3.05, 3.63) is 12.2 Å². The Bertz CT molecular complexity index is 337. The number of esters is 1. The molecule has 0 radical (unpaired) electrons. The first-order valence-corrected chi connectivity index (χ1v) is 7.72. The highest BCUT2D eigenvalue weighted by Gasteiger charge is 2.02. The van der Waals surface area contributed by atoms with E-state index in [4.69, 9.17) is 4.74 Å². The predicted octanol–water partition coefficient (Wildman–Crippen LogP) is 0.388. The highest BCUT2D eigenvalue weighted by atomic mass is 32.2. The van der Waals surface area contributed by atoms with Crippen LogP contribution in [0.2, 0.25) is 0 Å². The van der Waals surface area contributed by atoms with E-state index in [1.54, 1.807) is 6.92 Å². The van der Waals surface area contributed by atoms with E-state index in [1.165, 1.54) is 11.8 Å². The van der Waals surface area contributed by atoms with Gasteiger partial charge in [0.1, 0.15) is 6.61 Å². The molecule has 0 saturated heterocycles. The van der Waals surface area contributed by atoms with Gasteiger partial charge < -0.3 is 4.74 Å². The molecule has 0 fully saturated rings. The van der Waals surface area contributed by atoms with Crippen LogP contribution in [0.1, 0.15) is 6.92 Å². The molecule has 16 heavy (non-hydrogen) atoms. The van der Waals surface area contributed by atoms with Crippen molar-refractivity contribution in [3.63, 3.8) is 0 Å². The van der Waals surface area contributed by atoms with E-state index in [1.807, 2.05) is 0 Å². The molecule has 7 heteroatoms. The summed E-state index contributed by atoms with van der Waals surface area (Å²) in [6, 6.07) is 0. The second-order valence-corrected chi connectivity index (χ2v) is 6.25. The predicted molar refractivity (Wildman–Crippen MR) is 65.9 cm³/mol. The van der Waals surface area contributed by atoms with Crippen LogP contribution < -0.4 is 4.72 Å². The minimum atomic E-state index is -3.10. The molecule has 0 aromatic carbocycles. The van der Waals surface area contributed by atoms with Gasteiger partial charge in [-0.3, -0.25) is 0 Å². The van der Waals surface area contributed by atoms with Crippen LogP contribution in [-0.4, -0.2) is 45.3 Å². The zero-order valence-electron chi connectivity index (χ0n) is 9.49. The van der Waals surface area contributed by atoms with Crippen LogP contribution in [0.15, 0.2) is 12.2 Å². The summed E-state index contributed by atoms with van der Waals surface area (Å²) >= 11 is 1.51. The maximum absolute atomic E-state index is 10.9. The fraction of sp³-hybridized carbons (Fsp3) is 0.667. The molecule has 0 amide bonds. The second-order valence-electron chi connectivity index (χ2n) is 3.20. The summed E-state index contributed by atoms with van der Waals surface area (Å²) in [6.45, 7) is 5.74. The van der Waals surface area contributed by atoms with Gasteiger partial charge >= 0.3 is 5.97 Å². The maximum Gasteiger partial charge on any atom is 0.333 e. The summed E-state index contributed by atoms with van der Waals surface area (Å²) in [5.41, 5.74) is 0.378. The van der Waals surface area contributed by atoms with Crippen molar-refractivity contribution < 1.29 is 17.9 Å². The Labute approximate surface area is 101 Å². The quantitative estimate of drug-likeness (QED) is 0.391. The Morgan fingerprint density at radius 1 is 1.44 bits per heavy atom. The molecule has 0 aliphatic heterocycles. The summed E-state index contributed by atoms with van der Waals surface area (Å²) in [5, 5.41) is 0. The molecule has 0 aliphatic rings. The number of nitrogens with one attached hydrogen (secondary N) is 1. The van der Waals surface area contributed by atoms with Crippen molar-refractivity contribution in [3.8, 4) is 0 Å². The van der Waals surface area contributed by atoms with Crippen molar-refractivity contribution in [2.75, 3.05) is 30.9 Å². The summed E-state index contributed by atoms with van der Waals surface area (Å²) in [4.78, 5) is 10.9. The molecule has 0 saturated carbocycles. The third-order valence-electron chi connectivity index (χ3n) is 1.42. The number of carbonyl (C=O) groups excluding carboxylic acids is 1. The van der Waals surface area contributed by atoms with E-state index in [0.717, 1.165) is 6.26 Å². The molecule has 0 aromatic rings. The number of hydrogen-bond donors (Lipinski definition) is 1. The molecule has 0 unspecified atom stereocenters. The summed E-state index contributed by atoms with van der Waals surface area (Å²) in [6.07, 6.45) is 1.12. The number of hydrogen-bond acceptors (Lipinski definition) is 5. The summed E-state index contributed by atoms with van der Waals surface area (Å²) in [5.74, 6) is 0.900. The number of thioether (sulfide) groups is 1. The van der Waals surface area contributed by atoms with Crippen LogP contribution in [0.25, 0.3) is 0 Å². The molecule has 1 N–H and O–H groups in total. The average molecular weight is 267 g/mol. The van der Waals surface area contributed by atoms with E-state index < -0.39 is 16.0 Å². The molecular formula is C9H17NO4S2.